The van der Waals surface area contributed by atoms with E-state index < -0.39 is 0 Å². The third-order valence-electron chi connectivity index (χ3n) is 3.46. The van der Waals surface area contributed by atoms with E-state index in [9.17, 15) is 0 Å². The lowest BCUT2D eigenvalue weighted by Gasteiger charge is -2.03. The maximum Gasteiger partial charge on any atom is 0.140 e. The first-order valence-corrected chi connectivity index (χ1v) is 8.67. The predicted octanol–water partition coefficient (Wildman–Crippen LogP) is 4.37. The van der Waals surface area contributed by atoms with Crippen molar-refractivity contribution in [2.24, 2.45) is 5.73 Å². The topological polar surface area (TPSA) is 72.0 Å². The summed E-state index contributed by atoms with van der Waals surface area (Å²) in [5.41, 5.74) is 6.55. The minimum Gasteiger partial charge on any atom is -0.486 e. The minimum absolute atomic E-state index is 0.100. The zero-order valence-corrected chi connectivity index (χ0v) is 13.7. The molecular weight excluding hydrogens is 326 g/mol. The number of nitrogens with two attached hydrogens (primary N) is 1. The first-order valence-electron chi connectivity index (χ1n) is 7.04. The van der Waals surface area contributed by atoms with Gasteiger partial charge in [-0.15, -0.1) is 22.7 Å². The highest BCUT2D eigenvalue weighted by molar-refractivity contribution is 7.20. The summed E-state index contributed by atoms with van der Waals surface area (Å²) >= 11 is 3.15. The molecule has 0 atom stereocenters. The Bertz CT molecular complexity index is 986. The number of nitrogen functional groups attached to an aromatic ring is 1. The summed E-state index contributed by atoms with van der Waals surface area (Å²) in [7, 11) is 0. The van der Waals surface area contributed by atoms with Gasteiger partial charge in [-0.3, -0.25) is 5.41 Å². The standard InChI is InChI=1S/C17H13N3OS2/c18-17(19)15-7-10-5-6-11(8-14(10)22-15)21-9-16-20-12-3-1-2-4-13(12)23-16/h1-8H,9H2,(H3,18,19). The monoisotopic (exact) mass is 339 g/mol. The first-order chi connectivity index (χ1) is 11.2. The number of benzene rings is 2. The van der Waals surface area contributed by atoms with E-state index in [1.54, 1.807) is 11.3 Å². The van der Waals surface area contributed by atoms with Crippen LogP contribution >= 0.6 is 22.7 Å². The molecule has 0 fully saturated rings. The molecule has 0 saturated heterocycles. The van der Waals surface area contributed by atoms with Gasteiger partial charge in [0.25, 0.3) is 0 Å². The fourth-order valence-corrected chi connectivity index (χ4v) is 4.19. The van der Waals surface area contributed by atoms with Gasteiger partial charge in [0.15, 0.2) is 0 Å². The predicted molar refractivity (Wildman–Crippen MR) is 96.8 cm³/mol. The Balaban J connectivity index is 1.56. The molecule has 0 aliphatic rings. The molecule has 2 heterocycles. The molecule has 2 aromatic carbocycles. The van der Waals surface area contributed by atoms with Crippen LogP contribution in [0.1, 0.15) is 9.88 Å². The van der Waals surface area contributed by atoms with Crippen molar-refractivity contribution in [3.8, 4) is 5.75 Å². The van der Waals surface area contributed by atoms with Crippen molar-refractivity contribution >= 4 is 48.8 Å². The van der Waals surface area contributed by atoms with E-state index >= 15 is 0 Å². The summed E-state index contributed by atoms with van der Waals surface area (Å²) in [6, 6.07) is 15.9. The fraction of sp³-hybridized carbons (Fsp3) is 0.0588. The van der Waals surface area contributed by atoms with Crippen LogP contribution in [0.4, 0.5) is 0 Å². The molecule has 0 spiro atoms. The Morgan fingerprint density at radius 3 is 2.78 bits per heavy atom. The quantitative estimate of drug-likeness (QED) is 0.428. The van der Waals surface area contributed by atoms with Gasteiger partial charge < -0.3 is 10.5 Å². The average molecular weight is 339 g/mol. The Kier molecular flexibility index (Phi) is 3.48. The number of thiazole rings is 1. The van der Waals surface area contributed by atoms with Crippen LogP contribution in [-0.2, 0) is 6.61 Å². The summed E-state index contributed by atoms with van der Waals surface area (Å²) in [6.45, 7) is 0.454. The molecule has 23 heavy (non-hydrogen) atoms. The van der Waals surface area contributed by atoms with Crippen molar-refractivity contribution in [3.63, 3.8) is 0 Å². The van der Waals surface area contributed by atoms with Crippen LogP contribution in [0.25, 0.3) is 20.3 Å². The van der Waals surface area contributed by atoms with Crippen LogP contribution in [0.5, 0.6) is 5.75 Å². The smallest absolute Gasteiger partial charge is 0.140 e. The second-order valence-electron chi connectivity index (χ2n) is 5.09. The molecule has 0 amide bonds. The number of para-hydroxylation sites is 1. The molecule has 0 aliphatic carbocycles. The molecule has 114 valence electrons. The average Bonchev–Trinajstić information content (AvgIpc) is 3.15. The summed E-state index contributed by atoms with van der Waals surface area (Å²) in [5.74, 6) is 0.900. The van der Waals surface area contributed by atoms with Crippen LogP contribution in [-0.4, -0.2) is 10.8 Å². The molecule has 6 heteroatoms. The van der Waals surface area contributed by atoms with Gasteiger partial charge in [-0.1, -0.05) is 12.1 Å². The highest BCUT2D eigenvalue weighted by atomic mass is 32.1. The first kappa shape index (κ1) is 14.2. The molecular formula is C17H13N3OS2. The van der Waals surface area contributed by atoms with E-state index in [0.29, 0.717) is 6.61 Å². The zero-order chi connectivity index (χ0) is 15.8. The van der Waals surface area contributed by atoms with Gasteiger partial charge in [-0.25, -0.2) is 4.98 Å². The second kappa shape index (κ2) is 5.64. The number of ether oxygens (including phenoxy) is 1. The van der Waals surface area contributed by atoms with Crippen molar-refractivity contribution in [2.75, 3.05) is 0 Å². The van der Waals surface area contributed by atoms with E-state index in [-0.39, 0.29) is 5.84 Å². The number of hydrogen-bond donors (Lipinski definition) is 2. The summed E-state index contributed by atoms with van der Waals surface area (Å²) < 4.78 is 8.11. The lowest BCUT2D eigenvalue weighted by Crippen LogP contribution is -2.08. The number of nitrogens with zero attached hydrogens (tertiary/aromatic N) is 1. The van der Waals surface area contributed by atoms with Crippen LogP contribution < -0.4 is 10.5 Å². The minimum atomic E-state index is 0.100. The van der Waals surface area contributed by atoms with Crippen molar-refractivity contribution in [3.05, 3.63) is 58.4 Å². The number of fused-ring (bicyclic) bond motifs is 2. The lowest BCUT2D eigenvalue weighted by atomic mass is 10.2. The normalized spacial score (nSPS) is 11.1. The molecule has 4 rings (SSSR count). The molecule has 0 saturated carbocycles. The van der Waals surface area contributed by atoms with Crippen LogP contribution in [0, 0.1) is 5.41 Å². The Morgan fingerprint density at radius 1 is 1.09 bits per heavy atom. The van der Waals surface area contributed by atoms with Gasteiger partial charge >= 0.3 is 0 Å². The van der Waals surface area contributed by atoms with Gasteiger partial charge in [-0.05, 0) is 41.8 Å². The van der Waals surface area contributed by atoms with Crippen molar-refractivity contribution in [2.45, 2.75) is 6.61 Å². The maximum absolute atomic E-state index is 7.52. The van der Waals surface area contributed by atoms with Crippen LogP contribution in [0.3, 0.4) is 0 Å². The Morgan fingerprint density at radius 2 is 1.96 bits per heavy atom. The number of amidine groups is 1. The Labute approximate surface area is 140 Å². The molecule has 4 nitrogen and oxygen atoms in total. The number of thiophene rings is 1. The van der Waals surface area contributed by atoms with Crippen molar-refractivity contribution in [1.29, 1.82) is 5.41 Å². The van der Waals surface area contributed by atoms with E-state index in [4.69, 9.17) is 15.9 Å². The van der Waals surface area contributed by atoms with Gasteiger partial charge in [0.2, 0.25) is 0 Å². The number of hydrogen-bond acceptors (Lipinski definition) is 5. The third kappa shape index (κ3) is 2.78. The molecule has 0 radical (unpaired) electrons. The number of nitrogens with one attached hydrogen (secondary N) is 1. The van der Waals surface area contributed by atoms with E-state index in [1.807, 2.05) is 42.5 Å². The van der Waals surface area contributed by atoms with E-state index in [2.05, 4.69) is 11.1 Å². The van der Waals surface area contributed by atoms with Crippen LogP contribution in [0.2, 0.25) is 0 Å². The summed E-state index contributed by atoms with van der Waals surface area (Å²) in [5, 5.41) is 9.55. The molecule has 0 aliphatic heterocycles. The van der Waals surface area contributed by atoms with Crippen molar-refractivity contribution in [1.82, 2.24) is 4.98 Å². The van der Waals surface area contributed by atoms with Crippen LogP contribution in [0.15, 0.2) is 48.5 Å². The van der Waals surface area contributed by atoms with Crippen molar-refractivity contribution < 1.29 is 4.74 Å². The second-order valence-corrected chi connectivity index (χ2v) is 7.29. The zero-order valence-electron chi connectivity index (χ0n) is 12.1. The summed E-state index contributed by atoms with van der Waals surface area (Å²) in [6.07, 6.45) is 0. The summed E-state index contributed by atoms with van der Waals surface area (Å²) in [4.78, 5) is 5.35. The lowest BCUT2D eigenvalue weighted by molar-refractivity contribution is 0.306. The molecule has 0 unspecified atom stereocenters. The maximum atomic E-state index is 7.52. The highest BCUT2D eigenvalue weighted by Crippen LogP contribution is 2.30. The Hall–Kier alpha value is -2.44. The molecule has 2 aromatic heterocycles. The fourth-order valence-electron chi connectivity index (χ4n) is 2.36. The highest BCUT2D eigenvalue weighted by Gasteiger charge is 2.07. The van der Waals surface area contributed by atoms with Gasteiger partial charge in [0.1, 0.15) is 23.2 Å². The van der Waals surface area contributed by atoms with Gasteiger partial charge in [0, 0.05) is 4.70 Å². The van der Waals surface area contributed by atoms with E-state index in [0.717, 1.165) is 31.2 Å². The third-order valence-corrected chi connectivity index (χ3v) is 5.60. The largest absolute Gasteiger partial charge is 0.486 e. The van der Waals surface area contributed by atoms with Gasteiger partial charge in [-0.2, -0.15) is 0 Å². The number of rotatable bonds is 4. The number of aromatic nitrogens is 1. The molecule has 4 aromatic rings. The van der Waals surface area contributed by atoms with E-state index in [1.165, 1.54) is 16.0 Å². The van der Waals surface area contributed by atoms with Gasteiger partial charge in [0.05, 0.1) is 15.1 Å². The SMILES string of the molecule is N=C(N)c1cc2ccc(OCc3nc4ccccc4s3)cc2s1. The molecule has 0 bridgehead atoms. The molecule has 3 N–H and O–H groups in total.